The van der Waals surface area contributed by atoms with Crippen LogP contribution >= 0.6 is 23.1 Å². The zero-order valence-corrected chi connectivity index (χ0v) is 22.1. The van der Waals surface area contributed by atoms with Gasteiger partial charge in [0.1, 0.15) is 0 Å². The van der Waals surface area contributed by atoms with E-state index in [2.05, 4.69) is 10.3 Å². The number of hydrogen-bond acceptors (Lipinski definition) is 8. The highest BCUT2D eigenvalue weighted by molar-refractivity contribution is 8.01. The number of nitrogens with zero attached hydrogens (tertiary/aromatic N) is 2. The Morgan fingerprint density at radius 1 is 0.949 bits per heavy atom. The lowest BCUT2D eigenvalue weighted by Crippen LogP contribution is -2.40. The van der Waals surface area contributed by atoms with Crippen molar-refractivity contribution in [1.82, 2.24) is 4.98 Å². The molecule has 4 aromatic carbocycles. The van der Waals surface area contributed by atoms with Crippen LogP contribution in [0.3, 0.4) is 0 Å². The van der Waals surface area contributed by atoms with Crippen LogP contribution in [0.4, 0.5) is 11.4 Å². The number of rotatable bonds is 6. The number of para-hydroxylation sites is 1. The second-order valence-corrected chi connectivity index (χ2v) is 10.9. The first-order valence-corrected chi connectivity index (χ1v) is 13.7. The van der Waals surface area contributed by atoms with Crippen LogP contribution in [0.15, 0.2) is 83.2 Å². The highest BCUT2D eigenvalue weighted by Gasteiger charge is 2.34. The SMILES string of the molecule is COC(=O)c1ccccc1NC(=O)CSc1nc2ccc(N3C(=O)c4cccc5cccc(c45)C3=O)cc2s1. The molecule has 0 radical (unpaired) electrons. The highest BCUT2D eigenvalue weighted by atomic mass is 32.2. The first-order chi connectivity index (χ1) is 18.9. The molecule has 1 aromatic heterocycles. The summed E-state index contributed by atoms with van der Waals surface area (Å²) in [7, 11) is 1.28. The van der Waals surface area contributed by atoms with E-state index in [1.807, 2.05) is 24.3 Å². The van der Waals surface area contributed by atoms with Crippen LogP contribution in [-0.2, 0) is 9.53 Å². The fraction of sp³-hybridized carbons (Fsp3) is 0.0690. The monoisotopic (exact) mass is 553 g/mol. The number of carbonyl (C=O) groups excluding carboxylic acids is 4. The molecule has 0 saturated carbocycles. The Hall–Kier alpha value is -4.54. The minimum absolute atomic E-state index is 0.0755. The molecule has 0 spiro atoms. The maximum Gasteiger partial charge on any atom is 0.339 e. The van der Waals surface area contributed by atoms with Crippen molar-refractivity contribution in [3.05, 3.63) is 95.6 Å². The van der Waals surface area contributed by atoms with E-state index in [0.717, 1.165) is 10.1 Å². The number of amides is 3. The summed E-state index contributed by atoms with van der Waals surface area (Å²) in [5, 5.41) is 4.27. The van der Waals surface area contributed by atoms with Gasteiger partial charge in [0.15, 0.2) is 4.34 Å². The molecule has 39 heavy (non-hydrogen) atoms. The number of carbonyl (C=O) groups is 4. The maximum atomic E-state index is 13.4. The zero-order valence-electron chi connectivity index (χ0n) is 20.5. The third-order valence-electron chi connectivity index (χ3n) is 6.32. The van der Waals surface area contributed by atoms with Crippen molar-refractivity contribution in [1.29, 1.82) is 0 Å². The molecule has 2 heterocycles. The summed E-state index contributed by atoms with van der Waals surface area (Å²) >= 11 is 2.62. The molecule has 0 atom stereocenters. The van der Waals surface area contributed by atoms with Crippen LogP contribution in [-0.4, -0.2) is 41.5 Å². The smallest absolute Gasteiger partial charge is 0.339 e. The highest BCUT2D eigenvalue weighted by Crippen LogP contribution is 2.36. The number of imide groups is 1. The van der Waals surface area contributed by atoms with Gasteiger partial charge in [-0.3, -0.25) is 14.4 Å². The normalized spacial score (nSPS) is 12.7. The van der Waals surface area contributed by atoms with Gasteiger partial charge in [-0.1, -0.05) is 48.2 Å². The molecule has 10 heteroatoms. The standard InChI is InChI=1S/C29H19N3O5S2/c1-37-28(36)18-8-2-3-11-21(18)30-24(33)15-38-29-31-22-13-12-17(14-23(22)39-29)32-26(34)19-9-4-6-16-7-5-10-20(25(16)19)27(32)35/h2-14H,15H2,1H3,(H,30,33). The molecule has 0 bridgehead atoms. The predicted octanol–water partition coefficient (Wildman–Crippen LogP) is 5.77. The molecule has 6 rings (SSSR count). The molecule has 5 aromatic rings. The molecule has 0 unspecified atom stereocenters. The number of fused-ring (bicyclic) bond motifs is 1. The number of hydrogen-bond donors (Lipinski definition) is 1. The van der Waals surface area contributed by atoms with Crippen LogP contribution in [0.5, 0.6) is 0 Å². The van der Waals surface area contributed by atoms with Crippen LogP contribution in [0.25, 0.3) is 21.0 Å². The van der Waals surface area contributed by atoms with Crippen molar-refractivity contribution in [3.8, 4) is 0 Å². The summed E-state index contributed by atoms with van der Waals surface area (Å²) in [6, 6.07) is 22.7. The lowest BCUT2D eigenvalue weighted by molar-refractivity contribution is -0.113. The fourth-order valence-corrected chi connectivity index (χ4v) is 6.45. The van der Waals surface area contributed by atoms with Gasteiger partial charge in [0, 0.05) is 16.5 Å². The van der Waals surface area contributed by atoms with Gasteiger partial charge in [-0.15, -0.1) is 11.3 Å². The summed E-state index contributed by atoms with van der Waals surface area (Å²) in [6.07, 6.45) is 0. The minimum atomic E-state index is -0.536. The molecule has 0 saturated heterocycles. The largest absolute Gasteiger partial charge is 0.465 e. The number of methoxy groups -OCH3 is 1. The van der Waals surface area contributed by atoms with Gasteiger partial charge in [-0.25, -0.2) is 14.7 Å². The summed E-state index contributed by atoms with van der Waals surface area (Å²) in [5.74, 6) is -1.50. The van der Waals surface area contributed by atoms with Gasteiger partial charge >= 0.3 is 5.97 Å². The van der Waals surface area contributed by atoms with Crippen LogP contribution < -0.4 is 10.2 Å². The van der Waals surface area contributed by atoms with Crippen LogP contribution in [0.1, 0.15) is 31.1 Å². The molecular weight excluding hydrogens is 534 g/mol. The van der Waals surface area contributed by atoms with Gasteiger partial charge in [0.25, 0.3) is 11.8 Å². The average molecular weight is 554 g/mol. The van der Waals surface area contributed by atoms with Crippen molar-refractivity contribution in [2.45, 2.75) is 4.34 Å². The third-order valence-corrected chi connectivity index (χ3v) is 8.48. The van der Waals surface area contributed by atoms with Gasteiger partial charge in [0.2, 0.25) is 5.91 Å². The first-order valence-electron chi connectivity index (χ1n) is 11.9. The van der Waals surface area contributed by atoms with Crippen molar-refractivity contribution >= 4 is 79.2 Å². The second-order valence-electron chi connectivity index (χ2n) is 8.66. The zero-order chi connectivity index (χ0) is 27.1. The van der Waals surface area contributed by atoms with Crippen molar-refractivity contribution in [2.75, 3.05) is 23.1 Å². The van der Waals surface area contributed by atoms with Crippen molar-refractivity contribution < 1.29 is 23.9 Å². The third kappa shape index (κ3) is 4.43. The maximum absolute atomic E-state index is 13.4. The summed E-state index contributed by atoms with van der Waals surface area (Å²) in [6.45, 7) is 0. The van der Waals surface area contributed by atoms with E-state index in [1.165, 1.54) is 35.1 Å². The number of anilines is 2. The minimum Gasteiger partial charge on any atom is -0.465 e. The lowest BCUT2D eigenvalue weighted by Gasteiger charge is -2.27. The Labute approximate surface area is 230 Å². The molecule has 8 nitrogen and oxygen atoms in total. The number of nitrogens with one attached hydrogen (secondary N) is 1. The molecule has 0 aliphatic carbocycles. The Kier molecular flexibility index (Phi) is 6.34. The van der Waals surface area contributed by atoms with E-state index in [1.54, 1.807) is 54.6 Å². The molecule has 192 valence electrons. The summed E-state index contributed by atoms with van der Waals surface area (Å²) in [5.41, 5.74) is 2.78. The number of aromatic nitrogens is 1. The predicted molar refractivity (Wildman–Crippen MR) is 152 cm³/mol. The van der Waals surface area contributed by atoms with Gasteiger partial charge in [-0.2, -0.15) is 0 Å². The molecule has 1 N–H and O–H groups in total. The van der Waals surface area contributed by atoms with E-state index in [0.29, 0.717) is 37.7 Å². The quantitative estimate of drug-likeness (QED) is 0.162. The average Bonchev–Trinajstić information content (AvgIpc) is 3.37. The number of esters is 1. The Morgan fingerprint density at radius 2 is 1.67 bits per heavy atom. The molecule has 1 aliphatic rings. The Bertz CT molecular complexity index is 1780. The number of ether oxygens (including phenoxy) is 1. The van der Waals surface area contributed by atoms with E-state index < -0.39 is 5.97 Å². The topological polar surface area (TPSA) is 106 Å². The van der Waals surface area contributed by atoms with E-state index in [-0.39, 0.29) is 29.0 Å². The van der Waals surface area contributed by atoms with Crippen LogP contribution in [0.2, 0.25) is 0 Å². The van der Waals surface area contributed by atoms with Gasteiger partial charge in [-0.05, 0) is 47.9 Å². The summed E-state index contributed by atoms with van der Waals surface area (Å²) in [4.78, 5) is 57.1. The Morgan fingerprint density at radius 3 is 2.38 bits per heavy atom. The molecule has 1 aliphatic heterocycles. The molecule has 3 amide bonds. The lowest BCUT2D eigenvalue weighted by atomic mass is 9.94. The Balaban J connectivity index is 1.21. The van der Waals surface area contributed by atoms with Gasteiger partial charge < -0.3 is 10.1 Å². The fourth-order valence-electron chi connectivity index (χ4n) is 4.55. The number of thiazole rings is 1. The van der Waals surface area contributed by atoms with Crippen molar-refractivity contribution in [3.63, 3.8) is 0 Å². The summed E-state index contributed by atoms with van der Waals surface area (Å²) < 4.78 is 6.21. The number of thioether (sulfide) groups is 1. The van der Waals surface area contributed by atoms with Gasteiger partial charge in [0.05, 0.1) is 40.0 Å². The van der Waals surface area contributed by atoms with E-state index in [9.17, 15) is 19.2 Å². The van der Waals surface area contributed by atoms with Crippen molar-refractivity contribution in [2.24, 2.45) is 0 Å². The van der Waals surface area contributed by atoms with E-state index >= 15 is 0 Å². The van der Waals surface area contributed by atoms with Crippen LogP contribution in [0, 0.1) is 0 Å². The van der Waals surface area contributed by atoms with E-state index in [4.69, 9.17) is 4.74 Å². The second kappa shape index (κ2) is 9.97. The molecular formula is C29H19N3O5S2. The number of benzene rings is 4. The first kappa shape index (κ1) is 24.8. The molecule has 0 fully saturated rings.